The molecule has 1 aromatic rings. The summed E-state index contributed by atoms with van der Waals surface area (Å²) in [5.74, 6) is 0.715. The Morgan fingerprint density at radius 2 is 2.19 bits per heavy atom. The maximum Gasteiger partial charge on any atom is 0.137 e. The standard InChI is InChI=1S/C12H19ClN2O/c1-3-15(7-6-14)9-10-4-5-12(16-2)11(13)8-10/h4-5,8H,3,6-7,9,14H2,1-2H3. The van der Waals surface area contributed by atoms with Crippen molar-refractivity contribution in [2.75, 3.05) is 26.7 Å². The number of halogens is 1. The molecule has 0 unspecified atom stereocenters. The number of likely N-dealkylation sites (N-methyl/N-ethyl adjacent to an activating group) is 1. The van der Waals surface area contributed by atoms with Crippen molar-refractivity contribution in [1.29, 1.82) is 0 Å². The van der Waals surface area contributed by atoms with Gasteiger partial charge in [0.15, 0.2) is 0 Å². The van der Waals surface area contributed by atoms with E-state index in [0.29, 0.717) is 17.3 Å². The zero-order chi connectivity index (χ0) is 12.0. The monoisotopic (exact) mass is 242 g/mol. The van der Waals surface area contributed by atoms with Crippen LogP contribution in [0.5, 0.6) is 5.75 Å². The van der Waals surface area contributed by atoms with Crippen LogP contribution in [-0.2, 0) is 6.54 Å². The van der Waals surface area contributed by atoms with Crippen LogP contribution < -0.4 is 10.5 Å². The first kappa shape index (κ1) is 13.3. The Morgan fingerprint density at radius 3 is 2.69 bits per heavy atom. The van der Waals surface area contributed by atoms with Crippen molar-refractivity contribution in [2.45, 2.75) is 13.5 Å². The van der Waals surface area contributed by atoms with E-state index in [-0.39, 0.29) is 0 Å². The van der Waals surface area contributed by atoms with Gasteiger partial charge in [0.2, 0.25) is 0 Å². The summed E-state index contributed by atoms with van der Waals surface area (Å²) in [6.07, 6.45) is 0. The second kappa shape index (κ2) is 6.74. The Bertz CT molecular complexity index is 331. The van der Waals surface area contributed by atoms with Crippen molar-refractivity contribution in [3.8, 4) is 5.75 Å². The van der Waals surface area contributed by atoms with Gasteiger partial charge in [-0.25, -0.2) is 0 Å². The van der Waals surface area contributed by atoms with Gasteiger partial charge in [0.1, 0.15) is 5.75 Å². The van der Waals surface area contributed by atoms with E-state index in [1.54, 1.807) is 7.11 Å². The van der Waals surface area contributed by atoms with Crippen molar-refractivity contribution in [2.24, 2.45) is 5.73 Å². The SMILES string of the molecule is CCN(CCN)Cc1ccc(OC)c(Cl)c1. The number of hydrogen-bond acceptors (Lipinski definition) is 3. The van der Waals surface area contributed by atoms with Crippen LogP contribution in [0, 0.1) is 0 Å². The molecule has 0 spiro atoms. The summed E-state index contributed by atoms with van der Waals surface area (Å²) >= 11 is 6.07. The molecule has 1 aromatic carbocycles. The van der Waals surface area contributed by atoms with E-state index in [1.807, 2.05) is 18.2 Å². The Kier molecular flexibility index (Phi) is 5.60. The van der Waals surface area contributed by atoms with Crippen molar-refractivity contribution in [3.63, 3.8) is 0 Å². The molecule has 0 saturated heterocycles. The predicted octanol–water partition coefficient (Wildman–Crippen LogP) is 2.13. The predicted molar refractivity (Wildman–Crippen MR) is 68.0 cm³/mol. The van der Waals surface area contributed by atoms with Gasteiger partial charge in [-0.3, -0.25) is 4.90 Å². The molecule has 0 aliphatic heterocycles. The minimum absolute atomic E-state index is 0.656. The number of nitrogens with zero attached hydrogens (tertiary/aromatic N) is 1. The lowest BCUT2D eigenvalue weighted by molar-refractivity contribution is 0.288. The fraction of sp³-hybridized carbons (Fsp3) is 0.500. The molecule has 4 heteroatoms. The van der Waals surface area contributed by atoms with Crippen molar-refractivity contribution in [1.82, 2.24) is 4.90 Å². The highest BCUT2D eigenvalue weighted by atomic mass is 35.5. The summed E-state index contributed by atoms with van der Waals surface area (Å²) in [5, 5.41) is 0.656. The molecule has 2 N–H and O–H groups in total. The van der Waals surface area contributed by atoms with Gasteiger partial charge in [-0.1, -0.05) is 24.6 Å². The molecule has 0 radical (unpaired) electrons. The smallest absolute Gasteiger partial charge is 0.137 e. The van der Waals surface area contributed by atoms with Crippen LogP contribution in [0.1, 0.15) is 12.5 Å². The Hall–Kier alpha value is -0.770. The number of ether oxygens (including phenoxy) is 1. The molecule has 0 amide bonds. The van der Waals surface area contributed by atoms with Crippen LogP contribution in [0.4, 0.5) is 0 Å². The first-order chi connectivity index (χ1) is 7.71. The van der Waals surface area contributed by atoms with Gasteiger partial charge in [-0.05, 0) is 24.2 Å². The topological polar surface area (TPSA) is 38.5 Å². The first-order valence-electron chi connectivity index (χ1n) is 5.46. The van der Waals surface area contributed by atoms with Crippen molar-refractivity contribution < 1.29 is 4.74 Å². The molecule has 0 aliphatic carbocycles. The normalized spacial score (nSPS) is 10.8. The maximum atomic E-state index is 6.07. The zero-order valence-corrected chi connectivity index (χ0v) is 10.6. The second-order valence-electron chi connectivity index (χ2n) is 3.63. The van der Waals surface area contributed by atoms with E-state index in [2.05, 4.69) is 11.8 Å². The molecule has 0 aromatic heterocycles. The van der Waals surface area contributed by atoms with E-state index < -0.39 is 0 Å². The highest BCUT2D eigenvalue weighted by Crippen LogP contribution is 2.25. The van der Waals surface area contributed by atoms with Crippen LogP contribution in [0.2, 0.25) is 5.02 Å². The van der Waals surface area contributed by atoms with Gasteiger partial charge in [0.05, 0.1) is 12.1 Å². The quantitative estimate of drug-likeness (QED) is 0.831. The van der Waals surface area contributed by atoms with Crippen LogP contribution in [0.3, 0.4) is 0 Å². The Balaban J connectivity index is 2.69. The average Bonchev–Trinajstić information content (AvgIpc) is 2.28. The Morgan fingerprint density at radius 1 is 1.44 bits per heavy atom. The fourth-order valence-corrected chi connectivity index (χ4v) is 1.88. The summed E-state index contributed by atoms with van der Waals surface area (Å²) < 4.78 is 5.11. The van der Waals surface area contributed by atoms with Crippen LogP contribution in [-0.4, -0.2) is 31.6 Å². The van der Waals surface area contributed by atoms with Crippen LogP contribution in [0.25, 0.3) is 0 Å². The average molecular weight is 243 g/mol. The molecule has 0 aliphatic rings. The number of benzene rings is 1. The number of methoxy groups -OCH3 is 1. The van der Waals surface area contributed by atoms with E-state index in [4.69, 9.17) is 22.1 Å². The van der Waals surface area contributed by atoms with Crippen molar-refractivity contribution in [3.05, 3.63) is 28.8 Å². The van der Waals surface area contributed by atoms with Gasteiger partial charge in [0, 0.05) is 19.6 Å². The molecule has 0 fully saturated rings. The van der Waals surface area contributed by atoms with Gasteiger partial charge >= 0.3 is 0 Å². The molecule has 0 heterocycles. The Labute approximate surface area is 102 Å². The van der Waals surface area contributed by atoms with Gasteiger partial charge in [0.25, 0.3) is 0 Å². The van der Waals surface area contributed by atoms with Gasteiger partial charge < -0.3 is 10.5 Å². The molecule has 1 rings (SSSR count). The van der Waals surface area contributed by atoms with Gasteiger partial charge in [-0.15, -0.1) is 0 Å². The first-order valence-corrected chi connectivity index (χ1v) is 5.83. The minimum Gasteiger partial charge on any atom is -0.495 e. The lowest BCUT2D eigenvalue weighted by Gasteiger charge is -2.19. The van der Waals surface area contributed by atoms with E-state index in [9.17, 15) is 0 Å². The molecule has 0 atom stereocenters. The van der Waals surface area contributed by atoms with Crippen LogP contribution in [0.15, 0.2) is 18.2 Å². The maximum absolute atomic E-state index is 6.07. The molecule has 3 nitrogen and oxygen atoms in total. The third kappa shape index (κ3) is 3.67. The zero-order valence-electron chi connectivity index (χ0n) is 9.87. The molecule has 90 valence electrons. The molecular weight excluding hydrogens is 224 g/mol. The summed E-state index contributed by atoms with van der Waals surface area (Å²) in [6, 6.07) is 5.87. The highest BCUT2D eigenvalue weighted by molar-refractivity contribution is 6.32. The third-order valence-electron chi connectivity index (χ3n) is 2.51. The molecule has 0 bridgehead atoms. The summed E-state index contributed by atoms with van der Waals surface area (Å²) in [6.45, 7) is 5.57. The van der Waals surface area contributed by atoms with Crippen molar-refractivity contribution >= 4 is 11.6 Å². The van der Waals surface area contributed by atoms with E-state index in [1.165, 1.54) is 5.56 Å². The minimum atomic E-state index is 0.656. The van der Waals surface area contributed by atoms with Crippen LogP contribution >= 0.6 is 11.6 Å². The molecule has 16 heavy (non-hydrogen) atoms. The molecule has 0 saturated carbocycles. The highest BCUT2D eigenvalue weighted by Gasteiger charge is 2.05. The largest absolute Gasteiger partial charge is 0.495 e. The number of rotatable bonds is 6. The van der Waals surface area contributed by atoms with Gasteiger partial charge in [-0.2, -0.15) is 0 Å². The lowest BCUT2D eigenvalue weighted by atomic mass is 10.2. The summed E-state index contributed by atoms with van der Waals surface area (Å²) in [7, 11) is 1.62. The summed E-state index contributed by atoms with van der Waals surface area (Å²) in [5.41, 5.74) is 6.73. The van der Waals surface area contributed by atoms with E-state index in [0.717, 1.165) is 19.6 Å². The number of nitrogens with two attached hydrogens (primary N) is 1. The fourth-order valence-electron chi connectivity index (χ4n) is 1.60. The van der Waals surface area contributed by atoms with E-state index >= 15 is 0 Å². The lowest BCUT2D eigenvalue weighted by Crippen LogP contribution is -2.28. The molecular formula is C12H19ClN2O. The summed E-state index contributed by atoms with van der Waals surface area (Å²) in [4.78, 5) is 2.28. The number of hydrogen-bond donors (Lipinski definition) is 1. The second-order valence-corrected chi connectivity index (χ2v) is 4.03. The third-order valence-corrected chi connectivity index (χ3v) is 2.81.